The number of hydrogen-bond donors (Lipinski definition) is 1. The molecule has 0 aliphatic rings. The SMILES string of the molecule is COc1ccc(CCCCCCCCOc2ccc(CO)nc2/C=C/C(=O)[O-])cc1. The second-order valence-corrected chi connectivity index (χ2v) is 7.06. The number of aromatic nitrogens is 1. The molecule has 0 radical (unpaired) electrons. The molecule has 0 saturated heterocycles. The fourth-order valence-corrected chi connectivity index (χ4v) is 3.09. The third-order valence-corrected chi connectivity index (χ3v) is 4.76. The molecule has 0 saturated carbocycles. The number of carbonyl (C=O) groups excluding carboxylic acids is 1. The van der Waals surface area contributed by atoms with Crippen LogP contribution in [-0.2, 0) is 17.8 Å². The Morgan fingerprint density at radius 2 is 1.73 bits per heavy atom. The normalized spacial score (nSPS) is 11.0. The lowest BCUT2D eigenvalue weighted by Gasteiger charge is -2.10. The van der Waals surface area contributed by atoms with Crippen LogP contribution in [0.1, 0.15) is 55.5 Å². The molecule has 1 aromatic carbocycles. The van der Waals surface area contributed by atoms with Crippen molar-refractivity contribution in [2.45, 2.75) is 51.6 Å². The molecule has 0 aliphatic heterocycles. The van der Waals surface area contributed by atoms with E-state index in [4.69, 9.17) is 9.47 Å². The van der Waals surface area contributed by atoms with E-state index in [9.17, 15) is 15.0 Å². The van der Waals surface area contributed by atoms with Crippen molar-refractivity contribution >= 4 is 12.0 Å². The molecule has 162 valence electrons. The first kappa shape index (κ1) is 23.4. The third kappa shape index (κ3) is 8.66. The van der Waals surface area contributed by atoms with Gasteiger partial charge in [0, 0.05) is 0 Å². The number of unbranched alkanes of at least 4 members (excludes halogenated alkanes) is 5. The highest BCUT2D eigenvalue weighted by Gasteiger charge is 2.05. The highest BCUT2D eigenvalue weighted by Crippen LogP contribution is 2.20. The van der Waals surface area contributed by atoms with Crippen LogP contribution in [0.3, 0.4) is 0 Å². The Hall–Kier alpha value is -2.86. The molecule has 0 aliphatic carbocycles. The van der Waals surface area contributed by atoms with Gasteiger partial charge in [-0.1, -0.05) is 37.8 Å². The predicted octanol–water partition coefficient (Wildman–Crippen LogP) is 3.31. The molecule has 6 heteroatoms. The zero-order valence-corrected chi connectivity index (χ0v) is 17.5. The molecule has 1 N–H and O–H groups in total. The second-order valence-electron chi connectivity index (χ2n) is 7.06. The largest absolute Gasteiger partial charge is 0.545 e. The van der Waals surface area contributed by atoms with Crippen LogP contribution in [0.2, 0.25) is 0 Å². The van der Waals surface area contributed by atoms with Gasteiger partial charge in [0.25, 0.3) is 0 Å². The van der Waals surface area contributed by atoms with Gasteiger partial charge in [0.2, 0.25) is 0 Å². The monoisotopic (exact) mass is 412 g/mol. The zero-order chi connectivity index (χ0) is 21.6. The number of benzene rings is 1. The zero-order valence-electron chi connectivity index (χ0n) is 17.5. The van der Waals surface area contributed by atoms with Crippen molar-refractivity contribution in [3.8, 4) is 11.5 Å². The molecule has 30 heavy (non-hydrogen) atoms. The summed E-state index contributed by atoms with van der Waals surface area (Å²) in [5.41, 5.74) is 2.17. The van der Waals surface area contributed by atoms with Crippen LogP contribution in [0.4, 0.5) is 0 Å². The fourth-order valence-electron chi connectivity index (χ4n) is 3.09. The maximum absolute atomic E-state index is 10.6. The predicted molar refractivity (Wildman–Crippen MR) is 114 cm³/mol. The van der Waals surface area contributed by atoms with Gasteiger partial charge in [0.15, 0.2) is 0 Å². The molecule has 0 unspecified atom stereocenters. The van der Waals surface area contributed by atoms with E-state index in [1.54, 1.807) is 19.2 Å². The summed E-state index contributed by atoms with van der Waals surface area (Å²) in [5, 5.41) is 19.8. The van der Waals surface area contributed by atoms with Crippen LogP contribution in [0.5, 0.6) is 11.5 Å². The Morgan fingerprint density at radius 1 is 1.03 bits per heavy atom. The van der Waals surface area contributed by atoms with E-state index in [1.165, 1.54) is 30.9 Å². The van der Waals surface area contributed by atoms with E-state index >= 15 is 0 Å². The van der Waals surface area contributed by atoms with Gasteiger partial charge >= 0.3 is 0 Å². The lowest BCUT2D eigenvalue weighted by atomic mass is 10.0. The lowest BCUT2D eigenvalue weighted by Crippen LogP contribution is -2.18. The number of aliphatic hydroxyl groups is 1. The summed E-state index contributed by atoms with van der Waals surface area (Å²) in [5.74, 6) is 0.0939. The third-order valence-electron chi connectivity index (χ3n) is 4.76. The average Bonchev–Trinajstić information content (AvgIpc) is 2.77. The van der Waals surface area contributed by atoms with Gasteiger partial charge in [0.1, 0.15) is 17.2 Å². The second kappa shape index (κ2) is 13.4. The minimum atomic E-state index is -1.30. The number of carboxylic acids is 1. The van der Waals surface area contributed by atoms with Gasteiger partial charge in [0.05, 0.1) is 32.0 Å². The van der Waals surface area contributed by atoms with Crippen LogP contribution in [0.15, 0.2) is 42.5 Å². The van der Waals surface area contributed by atoms with Gasteiger partial charge in [-0.2, -0.15) is 0 Å². The van der Waals surface area contributed by atoms with E-state index < -0.39 is 5.97 Å². The fraction of sp³-hybridized carbons (Fsp3) is 0.417. The number of nitrogens with zero attached hydrogens (tertiary/aromatic N) is 1. The molecule has 0 atom stereocenters. The molecule has 1 aromatic heterocycles. The number of aliphatic hydroxyl groups excluding tert-OH is 1. The summed E-state index contributed by atoms with van der Waals surface area (Å²) in [6.45, 7) is 0.322. The Morgan fingerprint density at radius 3 is 2.40 bits per heavy atom. The molecule has 0 bridgehead atoms. The van der Waals surface area contributed by atoms with Crippen LogP contribution < -0.4 is 14.6 Å². The summed E-state index contributed by atoms with van der Waals surface area (Å²) in [4.78, 5) is 14.8. The van der Waals surface area contributed by atoms with Gasteiger partial charge in [-0.05, 0) is 61.2 Å². The number of rotatable bonds is 14. The maximum Gasteiger partial charge on any atom is 0.144 e. The van der Waals surface area contributed by atoms with E-state index in [0.717, 1.165) is 37.5 Å². The summed E-state index contributed by atoms with van der Waals surface area (Å²) in [6, 6.07) is 11.6. The Bertz CT molecular complexity index is 802. The lowest BCUT2D eigenvalue weighted by molar-refractivity contribution is -0.297. The number of hydrogen-bond acceptors (Lipinski definition) is 6. The minimum absolute atomic E-state index is 0.217. The van der Waals surface area contributed by atoms with E-state index in [2.05, 4.69) is 17.1 Å². The molecular weight excluding hydrogens is 382 g/mol. The average molecular weight is 413 g/mol. The number of aliphatic carboxylic acids is 1. The summed E-state index contributed by atoms with van der Waals surface area (Å²) in [6.07, 6.45) is 10.1. The van der Waals surface area contributed by atoms with Gasteiger partial charge in [-0.15, -0.1) is 0 Å². The Labute approximate surface area is 178 Å². The number of aryl methyl sites for hydroxylation is 1. The summed E-state index contributed by atoms with van der Waals surface area (Å²) in [7, 11) is 1.68. The molecule has 0 amide bonds. The minimum Gasteiger partial charge on any atom is -0.545 e. The molecule has 0 fully saturated rings. The van der Waals surface area contributed by atoms with E-state index in [0.29, 0.717) is 23.7 Å². The van der Waals surface area contributed by atoms with E-state index in [1.807, 2.05) is 12.1 Å². The van der Waals surface area contributed by atoms with Crippen molar-refractivity contribution < 1.29 is 24.5 Å². The topological polar surface area (TPSA) is 91.7 Å². The van der Waals surface area contributed by atoms with Crippen LogP contribution in [0.25, 0.3) is 6.08 Å². The summed E-state index contributed by atoms with van der Waals surface area (Å²) >= 11 is 0. The van der Waals surface area contributed by atoms with Crippen molar-refractivity contribution in [1.82, 2.24) is 4.98 Å². The number of carboxylic acid groups (broad SMARTS) is 1. The van der Waals surface area contributed by atoms with Crippen molar-refractivity contribution in [2.24, 2.45) is 0 Å². The molecule has 2 aromatic rings. The quantitative estimate of drug-likeness (QED) is 0.378. The van der Waals surface area contributed by atoms with Gasteiger partial charge in [-0.3, -0.25) is 0 Å². The molecular formula is C24H30NO5-. The van der Waals surface area contributed by atoms with Crippen molar-refractivity contribution in [1.29, 1.82) is 0 Å². The number of methoxy groups -OCH3 is 1. The first-order valence-corrected chi connectivity index (χ1v) is 10.4. The maximum atomic E-state index is 10.6. The molecule has 6 nitrogen and oxygen atoms in total. The molecule has 1 heterocycles. The first-order chi connectivity index (χ1) is 14.6. The van der Waals surface area contributed by atoms with Crippen molar-refractivity contribution in [3.63, 3.8) is 0 Å². The van der Waals surface area contributed by atoms with Gasteiger partial charge < -0.3 is 24.5 Å². The molecule has 0 spiro atoms. The Kier molecular flexibility index (Phi) is 10.4. The molecule has 2 rings (SSSR count). The first-order valence-electron chi connectivity index (χ1n) is 10.4. The number of pyridine rings is 1. The summed E-state index contributed by atoms with van der Waals surface area (Å²) < 4.78 is 10.9. The highest BCUT2D eigenvalue weighted by molar-refractivity contribution is 5.83. The van der Waals surface area contributed by atoms with Crippen LogP contribution in [-0.4, -0.2) is 29.8 Å². The number of carbonyl (C=O) groups is 1. The standard InChI is InChI=1S/C24H31NO5/c1-29-21-12-9-19(10-13-21)8-6-4-2-3-5-7-17-30-23-15-11-20(18-26)25-22(23)14-16-24(27)28/h9-16,26H,2-8,17-18H2,1H3,(H,27,28)/p-1/b16-14+. The smallest absolute Gasteiger partial charge is 0.144 e. The van der Waals surface area contributed by atoms with Gasteiger partial charge in [-0.25, -0.2) is 4.98 Å². The van der Waals surface area contributed by atoms with Crippen LogP contribution in [0, 0.1) is 0 Å². The Balaban J connectivity index is 1.61. The number of ether oxygens (including phenoxy) is 2. The van der Waals surface area contributed by atoms with Crippen molar-refractivity contribution in [3.05, 3.63) is 59.4 Å². The van der Waals surface area contributed by atoms with Crippen molar-refractivity contribution in [2.75, 3.05) is 13.7 Å². The van der Waals surface area contributed by atoms with E-state index in [-0.39, 0.29) is 6.61 Å². The van der Waals surface area contributed by atoms with Crippen LogP contribution >= 0.6 is 0 Å². The highest BCUT2D eigenvalue weighted by atomic mass is 16.5.